The van der Waals surface area contributed by atoms with Crippen molar-refractivity contribution in [1.29, 1.82) is 0 Å². The first-order chi connectivity index (χ1) is 9.34. The van der Waals surface area contributed by atoms with E-state index in [2.05, 4.69) is 48.6 Å². The van der Waals surface area contributed by atoms with Crippen LogP contribution in [0.3, 0.4) is 0 Å². The van der Waals surface area contributed by atoms with E-state index >= 15 is 0 Å². The maximum Gasteiger partial charge on any atom is 0.119 e. The Hall–Kier alpha value is -1.80. The molecule has 0 heterocycles. The van der Waals surface area contributed by atoms with Crippen molar-refractivity contribution in [3.63, 3.8) is 0 Å². The Morgan fingerprint density at radius 1 is 0.947 bits per heavy atom. The van der Waals surface area contributed by atoms with Gasteiger partial charge in [-0.2, -0.15) is 0 Å². The predicted octanol–water partition coefficient (Wildman–Crippen LogP) is 3.55. The van der Waals surface area contributed by atoms with Crippen LogP contribution in [-0.2, 0) is 6.54 Å². The molecule has 19 heavy (non-hydrogen) atoms. The largest absolute Gasteiger partial charge is 0.494 e. The summed E-state index contributed by atoms with van der Waals surface area (Å²) >= 11 is 0. The molecule has 2 nitrogen and oxygen atoms in total. The van der Waals surface area contributed by atoms with Gasteiger partial charge in [-0.25, -0.2) is 0 Å². The van der Waals surface area contributed by atoms with Gasteiger partial charge >= 0.3 is 0 Å². The van der Waals surface area contributed by atoms with Gasteiger partial charge in [0.05, 0.1) is 6.61 Å². The van der Waals surface area contributed by atoms with Gasteiger partial charge in [0.1, 0.15) is 5.75 Å². The Bertz CT molecular complexity index is 464. The van der Waals surface area contributed by atoms with Crippen LogP contribution in [0.15, 0.2) is 54.6 Å². The summed E-state index contributed by atoms with van der Waals surface area (Å²) in [6, 6.07) is 18.6. The minimum Gasteiger partial charge on any atom is -0.494 e. The second kappa shape index (κ2) is 7.59. The molecule has 0 bridgehead atoms. The van der Waals surface area contributed by atoms with Gasteiger partial charge in [-0.05, 0) is 37.6 Å². The SMILES string of the molecule is Cc1ccc(OCCCNCc2ccccc2)cc1. The van der Waals surface area contributed by atoms with Crippen LogP contribution in [0.1, 0.15) is 17.5 Å². The molecule has 0 aliphatic rings. The number of hydrogen-bond acceptors (Lipinski definition) is 2. The fourth-order valence-electron chi connectivity index (χ4n) is 1.85. The molecule has 1 N–H and O–H groups in total. The fraction of sp³-hybridized carbons (Fsp3) is 0.294. The monoisotopic (exact) mass is 255 g/mol. The molecule has 0 radical (unpaired) electrons. The molecule has 0 saturated heterocycles. The third kappa shape index (κ3) is 5.14. The summed E-state index contributed by atoms with van der Waals surface area (Å²) in [4.78, 5) is 0. The lowest BCUT2D eigenvalue weighted by atomic mass is 10.2. The minimum absolute atomic E-state index is 0.755. The highest BCUT2D eigenvalue weighted by Crippen LogP contribution is 2.11. The summed E-state index contributed by atoms with van der Waals surface area (Å²) in [5.74, 6) is 0.952. The summed E-state index contributed by atoms with van der Waals surface area (Å²) < 4.78 is 5.67. The lowest BCUT2D eigenvalue weighted by Gasteiger charge is -2.07. The van der Waals surface area contributed by atoms with Gasteiger partial charge in [-0.1, -0.05) is 48.0 Å². The predicted molar refractivity (Wildman–Crippen MR) is 79.4 cm³/mol. The van der Waals surface area contributed by atoms with Crippen LogP contribution >= 0.6 is 0 Å². The molecule has 0 aliphatic carbocycles. The zero-order chi connectivity index (χ0) is 13.3. The van der Waals surface area contributed by atoms with E-state index in [1.807, 2.05) is 18.2 Å². The van der Waals surface area contributed by atoms with Gasteiger partial charge in [0, 0.05) is 6.54 Å². The molecule has 0 amide bonds. The van der Waals surface area contributed by atoms with Crippen LogP contribution in [0.2, 0.25) is 0 Å². The van der Waals surface area contributed by atoms with Gasteiger partial charge in [-0.3, -0.25) is 0 Å². The van der Waals surface area contributed by atoms with Crippen molar-refractivity contribution in [2.75, 3.05) is 13.2 Å². The molecule has 0 spiro atoms. The third-order valence-corrected chi connectivity index (χ3v) is 2.96. The molecule has 2 rings (SSSR count). The standard InChI is InChI=1S/C17H21NO/c1-15-8-10-17(11-9-15)19-13-5-12-18-14-16-6-3-2-4-7-16/h2-4,6-11,18H,5,12-14H2,1H3. The second-order valence-electron chi connectivity index (χ2n) is 4.68. The molecule has 0 fully saturated rings. The van der Waals surface area contributed by atoms with Gasteiger partial charge in [0.15, 0.2) is 0 Å². The quantitative estimate of drug-likeness (QED) is 0.764. The van der Waals surface area contributed by atoms with Gasteiger partial charge in [0.25, 0.3) is 0 Å². The Balaban J connectivity index is 1.56. The first-order valence-electron chi connectivity index (χ1n) is 6.79. The topological polar surface area (TPSA) is 21.3 Å². The third-order valence-electron chi connectivity index (χ3n) is 2.96. The summed E-state index contributed by atoms with van der Waals surface area (Å²) in [5.41, 5.74) is 2.58. The highest BCUT2D eigenvalue weighted by molar-refractivity contribution is 5.26. The van der Waals surface area contributed by atoms with Crippen molar-refractivity contribution in [3.8, 4) is 5.75 Å². The molecule has 100 valence electrons. The van der Waals surface area contributed by atoms with Crippen LogP contribution in [0.25, 0.3) is 0 Å². The maximum atomic E-state index is 5.67. The molecule has 2 heteroatoms. The number of rotatable bonds is 7. The van der Waals surface area contributed by atoms with Crippen molar-refractivity contribution in [1.82, 2.24) is 5.32 Å². The summed E-state index contributed by atoms with van der Waals surface area (Å²) in [6.45, 7) is 4.73. The molecule has 0 atom stereocenters. The smallest absolute Gasteiger partial charge is 0.119 e. The Morgan fingerprint density at radius 3 is 2.42 bits per heavy atom. The number of ether oxygens (including phenoxy) is 1. The van der Waals surface area contributed by atoms with E-state index in [9.17, 15) is 0 Å². The molecule has 0 unspecified atom stereocenters. The van der Waals surface area contributed by atoms with E-state index in [0.717, 1.165) is 31.9 Å². The van der Waals surface area contributed by atoms with E-state index in [0.29, 0.717) is 0 Å². The van der Waals surface area contributed by atoms with Crippen LogP contribution in [0.4, 0.5) is 0 Å². The average Bonchev–Trinajstić information content (AvgIpc) is 2.46. The Morgan fingerprint density at radius 2 is 1.68 bits per heavy atom. The number of nitrogens with one attached hydrogen (secondary N) is 1. The van der Waals surface area contributed by atoms with Gasteiger partial charge in [0.2, 0.25) is 0 Å². The Kier molecular flexibility index (Phi) is 5.45. The van der Waals surface area contributed by atoms with Crippen LogP contribution in [0, 0.1) is 6.92 Å². The first-order valence-corrected chi connectivity index (χ1v) is 6.79. The van der Waals surface area contributed by atoms with Crippen molar-refractivity contribution in [3.05, 3.63) is 65.7 Å². The highest BCUT2D eigenvalue weighted by Gasteiger charge is 1.94. The molecule has 2 aromatic rings. The van der Waals surface area contributed by atoms with E-state index in [-0.39, 0.29) is 0 Å². The Labute approximate surface area is 115 Å². The molecule has 2 aromatic carbocycles. The summed E-state index contributed by atoms with van der Waals surface area (Å²) in [5, 5.41) is 3.42. The maximum absolute atomic E-state index is 5.67. The first kappa shape index (κ1) is 13.6. The molecule has 0 aliphatic heterocycles. The van der Waals surface area contributed by atoms with Crippen molar-refractivity contribution < 1.29 is 4.74 Å². The van der Waals surface area contributed by atoms with Crippen LogP contribution < -0.4 is 10.1 Å². The number of hydrogen-bond donors (Lipinski definition) is 1. The lowest BCUT2D eigenvalue weighted by Crippen LogP contribution is -2.16. The fourth-order valence-corrected chi connectivity index (χ4v) is 1.85. The van der Waals surface area contributed by atoms with E-state index in [4.69, 9.17) is 4.74 Å². The van der Waals surface area contributed by atoms with Crippen molar-refractivity contribution in [2.45, 2.75) is 19.9 Å². The van der Waals surface area contributed by atoms with Gasteiger partial charge < -0.3 is 10.1 Å². The minimum atomic E-state index is 0.755. The highest BCUT2D eigenvalue weighted by atomic mass is 16.5. The lowest BCUT2D eigenvalue weighted by molar-refractivity contribution is 0.308. The van der Waals surface area contributed by atoms with Crippen molar-refractivity contribution >= 4 is 0 Å². The second-order valence-corrected chi connectivity index (χ2v) is 4.68. The van der Waals surface area contributed by atoms with Crippen LogP contribution in [0.5, 0.6) is 5.75 Å². The number of benzene rings is 2. The zero-order valence-electron chi connectivity index (χ0n) is 11.4. The molecule has 0 aromatic heterocycles. The molecule has 0 saturated carbocycles. The molecular weight excluding hydrogens is 234 g/mol. The van der Waals surface area contributed by atoms with E-state index in [1.165, 1.54) is 11.1 Å². The zero-order valence-corrected chi connectivity index (χ0v) is 11.4. The normalized spacial score (nSPS) is 10.4. The summed E-state index contributed by atoms with van der Waals surface area (Å²) in [6.07, 6.45) is 1.01. The van der Waals surface area contributed by atoms with Crippen molar-refractivity contribution in [2.24, 2.45) is 0 Å². The van der Waals surface area contributed by atoms with Gasteiger partial charge in [-0.15, -0.1) is 0 Å². The molecular formula is C17H21NO. The average molecular weight is 255 g/mol. The van der Waals surface area contributed by atoms with E-state index < -0.39 is 0 Å². The van der Waals surface area contributed by atoms with E-state index in [1.54, 1.807) is 0 Å². The van der Waals surface area contributed by atoms with Crippen LogP contribution in [-0.4, -0.2) is 13.2 Å². The number of aryl methyl sites for hydroxylation is 1. The summed E-state index contributed by atoms with van der Waals surface area (Å²) in [7, 11) is 0.